The summed E-state index contributed by atoms with van der Waals surface area (Å²) in [5.74, 6) is -1.72. The van der Waals surface area contributed by atoms with Gasteiger partial charge in [0.25, 0.3) is 5.91 Å². The number of pyridine rings is 1. The third kappa shape index (κ3) is 4.64. The van der Waals surface area contributed by atoms with E-state index in [1.807, 2.05) is 0 Å². The average Bonchev–Trinajstić information content (AvgIpc) is 2.49. The molecule has 8 heteroatoms. The van der Waals surface area contributed by atoms with Crippen LogP contribution in [0.15, 0.2) is 36.5 Å². The van der Waals surface area contributed by atoms with E-state index in [1.165, 1.54) is 25.3 Å². The number of hydrogen-bond donors (Lipinski definition) is 1. The lowest BCUT2D eigenvalue weighted by molar-refractivity contribution is -0.123. The Morgan fingerprint density at radius 1 is 1.26 bits per heavy atom. The zero-order valence-electron chi connectivity index (χ0n) is 11.8. The minimum Gasteiger partial charge on any atom is -0.449 e. The van der Waals surface area contributed by atoms with Crippen molar-refractivity contribution in [2.75, 3.05) is 5.32 Å². The molecule has 0 unspecified atom stereocenters. The fraction of sp³-hybridized carbons (Fsp3) is 0.133. The predicted octanol–water partition coefficient (Wildman–Crippen LogP) is 3.71. The highest BCUT2D eigenvalue weighted by Gasteiger charge is 2.21. The van der Waals surface area contributed by atoms with Crippen LogP contribution in [0.1, 0.15) is 17.3 Å². The molecule has 1 aromatic heterocycles. The van der Waals surface area contributed by atoms with Crippen molar-refractivity contribution in [2.45, 2.75) is 13.0 Å². The molecule has 0 aliphatic carbocycles. The normalized spacial score (nSPS) is 11.7. The number of carbonyl (C=O) groups is 2. The van der Waals surface area contributed by atoms with Gasteiger partial charge < -0.3 is 10.1 Å². The highest BCUT2D eigenvalue weighted by atomic mass is 35.5. The Labute approximate surface area is 141 Å². The number of ether oxygens (including phenoxy) is 1. The van der Waals surface area contributed by atoms with Gasteiger partial charge in [0.05, 0.1) is 15.6 Å². The van der Waals surface area contributed by atoms with Crippen LogP contribution in [0.3, 0.4) is 0 Å². The lowest BCUT2D eigenvalue weighted by atomic mass is 10.2. The van der Waals surface area contributed by atoms with Crippen molar-refractivity contribution in [3.05, 3.63) is 58.0 Å². The van der Waals surface area contributed by atoms with Gasteiger partial charge in [0.15, 0.2) is 6.10 Å². The quantitative estimate of drug-likeness (QED) is 0.847. The number of aromatic nitrogens is 1. The van der Waals surface area contributed by atoms with Crippen LogP contribution in [0.4, 0.5) is 10.2 Å². The highest BCUT2D eigenvalue weighted by Crippen LogP contribution is 2.19. The lowest BCUT2D eigenvalue weighted by Crippen LogP contribution is -2.30. The van der Waals surface area contributed by atoms with Crippen LogP contribution in [-0.2, 0) is 9.53 Å². The number of hydrogen-bond acceptors (Lipinski definition) is 4. The third-order valence-corrected chi connectivity index (χ3v) is 3.32. The number of benzene rings is 1. The van der Waals surface area contributed by atoms with E-state index in [0.29, 0.717) is 5.02 Å². The molecule has 1 amide bonds. The second kappa shape index (κ2) is 7.39. The van der Waals surface area contributed by atoms with Crippen LogP contribution in [0, 0.1) is 5.82 Å². The van der Waals surface area contributed by atoms with Crippen molar-refractivity contribution >= 4 is 40.9 Å². The van der Waals surface area contributed by atoms with Gasteiger partial charge in [-0.3, -0.25) is 4.79 Å². The number of amides is 1. The molecule has 0 bridgehead atoms. The summed E-state index contributed by atoms with van der Waals surface area (Å²) in [6, 6.07) is 6.31. The van der Waals surface area contributed by atoms with Crippen molar-refractivity contribution in [1.29, 1.82) is 0 Å². The summed E-state index contributed by atoms with van der Waals surface area (Å²) >= 11 is 11.5. The first-order valence-electron chi connectivity index (χ1n) is 6.45. The van der Waals surface area contributed by atoms with Crippen LogP contribution in [0.25, 0.3) is 0 Å². The minimum absolute atomic E-state index is 0.0302. The molecule has 0 saturated heterocycles. The fourth-order valence-electron chi connectivity index (χ4n) is 1.61. The first-order valence-corrected chi connectivity index (χ1v) is 7.21. The van der Waals surface area contributed by atoms with Gasteiger partial charge in [-0.2, -0.15) is 0 Å². The first kappa shape index (κ1) is 17.2. The minimum atomic E-state index is -1.10. The molecule has 1 heterocycles. The summed E-state index contributed by atoms with van der Waals surface area (Å²) in [6.07, 6.45) is 0.271. The summed E-state index contributed by atoms with van der Waals surface area (Å²) in [5.41, 5.74) is -0.0302. The topological polar surface area (TPSA) is 68.3 Å². The van der Waals surface area contributed by atoms with E-state index in [1.54, 1.807) is 6.07 Å². The Hall–Kier alpha value is -2.18. The van der Waals surface area contributed by atoms with Gasteiger partial charge in [-0.15, -0.1) is 0 Å². The van der Waals surface area contributed by atoms with Crippen molar-refractivity contribution in [1.82, 2.24) is 4.98 Å². The second-order valence-corrected chi connectivity index (χ2v) is 5.37. The molecule has 120 valence electrons. The van der Waals surface area contributed by atoms with E-state index in [0.717, 1.165) is 12.1 Å². The van der Waals surface area contributed by atoms with Crippen molar-refractivity contribution in [3.63, 3.8) is 0 Å². The molecule has 0 spiro atoms. The maximum atomic E-state index is 13.0. The molecule has 1 N–H and O–H groups in total. The summed E-state index contributed by atoms with van der Waals surface area (Å²) in [5, 5.41) is 2.80. The monoisotopic (exact) mass is 356 g/mol. The Balaban J connectivity index is 2.00. The summed E-state index contributed by atoms with van der Waals surface area (Å²) in [6.45, 7) is 1.39. The highest BCUT2D eigenvalue weighted by molar-refractivity contribution is 6.33. The maximum Gasteiger partial charge on any atom is 0.340 e. The zero-order chi connectivity index (χ0) is 17.0. The van der Waals surface area contributed by atoms with Crippen molar-refractivity contribution < 1.29 is 18.7 Å². The van der Waals surface area contributed by atoms with Crippen molar-refractivity contribution in [3.8, 4) is 0 Å². The number of anilines is 1. The molecule has 1 aromatic carbocycles. The van der Waals surface area contributed by atoms with E-state index in [9.17, 15) is 14.0 Å². The van der Waals surface area contributed by atoms with Gasteiger partial charge in [-0.1, -0.05) is 23.2 Å². The Morgan fingerprint density at radius 3 is 2.61 bits per heavy atom. The standard InChI is InChI=1S/C15H11Cl2FN2O3/c1-8(14(21)20-13-5-2-9(16)7-19-13)23-15(22)11-4-3-10(18)6-12(11)17/h2-8H,1H3,(H,19,20,21)/t8-/m0/s1. The third-order valence-electron chi connectivity index (χ3n) is 2.78. The number of nitrogens with one attached hydrogen (secondary N) is 1. The van der Waals surface area contributed by atoms with Crippen LogP contribution < -0.4 is 5.32 Å². The van der Waals surface area contributed by atoms with Crippen molar-refractivity contribution in [2.24, 2.45) is 0 Å². The van der Waals surface area contributed by atoms with Gasteiger partial charge in [0.2, 0.25) is 0 Å². The molecular weight excluding hydrogens is 346 g/mol. The number of rotatable bonds is 4. The van der Waals surface area contributed by atoms with Crippen LogP contribution in [0.5, 0.6) is 0 Å². The molecular formula is C15H11Cl2FN2O3. The van der Waals surface area contributed by atoms with Crippen LogP contribution in [-0.4, -0.2) is 23.0 Å². The second-order valence-electron chi connectivity index (χ2n) is 4.52. The molecule has 0 fully saturated rings. The van der Waals surface area contributed by atoms with Crippen LogP contribution in [0.2, 0.25) is 10.0 Å². The van der Waals surface area contributed by atoms with Gasteiger partial charge >= 0.3 is 5.97 Å². The number of carbonyl (C=O) groups excluding carboxylic acids is 2. The fourth-order valence-corrected chi connectivity index (χ4v) is 1.97. The van der Waals surface area contributed by atoms with Gasteiger partial charge in [0, 0.05) is 6.20 Å². The summed E-state index contributed by atoms with van der Waals surface area (Å²) in [4.78, 5) is 27.8. The maximum absolute atomic E-state index is 13.0. The molecule has 0 radical (unpaired) electrons. The molecule has 1 atom stereocenters. The smallest absolute Gasteiger partial charge is 0.340 e. The van der Waals surface area contributed by atoms with Gasteiger partial charge in [-0.25, -0.2) is 14.2 Å². The molecule has 23 heavy (non-hydrogen) atoms. The molecule has 5 nitrogen and oxygen atoms in total. The molecule has 0 saturated carbocycles. The Morgan fingerprint density at radius 2 is 2.00 bits per heavy atom. The first-order chi connectivity index (χ1) is 10.9. The SMILES string of the molecule is C[C@H](OC(=O)c1ccc(F)cc1Cl)C(=O)Nc1ccc(Cl)cn1. The summed E-state index contributed by atoms with van der Waals surface area (Å²) < 4.78 is 18.0. The molecule has 2 rings (SSSR count). The zero-order valence-corrected chi connectivity index (χ0v) is 13.4. The summed E-state index contributed by atoms with van der Waals surface area (Å²) in [7, 11) is 0. The molecule has 0 aliphatic rings. The lowest BCUT2D eigenvalue weighted by Gasteiger charge is -2.13. The van der Waals surface area contributed by atoms with Gasteiger partial charge in [-0.05, 0) is 37.3 Å². The molecule has 2 aromatic rings. The Kier molecular flexibility index (Phi) is 5.52. The number of halogens is 3. The number of nitrogens with zero attached hydrogens (tertiary/aromatic N) is 1. The molecule has 0 aliphatic heterocycles. The Bertz CT molecular complexity index is 738. The average molecular weight is 357 g/mol. The van der Waals surface area contributed by atoms with E-state index >= 15 is 0 Å². The van der Waals surface area contributed by atoms with Crippen LogP contribution >= 0.6 is 23.2 Å². The van der Waals surface area contributed by atoms with Gasteiger partial charge in [0.1, 0.15) is 11.6 Å². The number of esters is 1. The predicted molar refractivity (Wildman–Crippen MR) is 84.2 cm³/mol. The van der Waals surface area contributed by atoms with E-state index < -0.39 is 23.8 Å². The van der Waals surface area contributed by atoms with E-state index in [4.69, 9.17) is 27.9 Å². The van der Waals surface area contributed by atoms with E-state index in [2.05, 4.69) is 10.3 Å². The largest absolute Gasteiger partial charge is 0.449 e. The van der Waals surface area contributed by atoms with E-state index in [-0.39, 0.29) is 16.4 Å².